The highest BCUT2D eigenvalue weighted by Crippen LogP contribution is 2.14. The topological polar surface area (TPSA) is 57.8 Å². The third-order valence-electron chi connectivity index (χ3n) is 3.10. The Balaban J connectivity index is 1.55. The lowest BCUT2D eigenvalue weighted by Gasteiger charge is -2.02. The number of aromatic nitrogens is 2. The minimum Gasteiger partial charge on any atom is -0.351 e. The van der Waals surface area contributed by atoms with Crippen LogP contribution in [-0.4, -0.2) is 22.4 Å². The molecule has 0 saturated heterocycles. The maximum Gasteiger partial charge on any atom is 0.261 e. The Morgan fingerprint density at radius 3 is 2.81 bits per heavy atom. The number of carbonyl (C=O) groups excluding carboxylic acids is 1. The standard InChI is InChI=1S/C16H15N3OS/c20-16(14-7-4-10-21-14)17-9-8-13-11-18-15(19-13)12-5-2-1-3-6-12/h1-7,10-11H,8-9H2,(H,17,20)(H,18,19). The summed E-state index contributed by atoms with van der Waals surface area (Å²) in [6, 6.07) is 13.7. The Hall–Kier alpha value is -2.40. The first-order valence-electron chi connectivity index (χ1n) is 6.74. The van der Waals surface area contributed by atoms with Gasteiger partial charge in [-0.3, -0.25) is 4.79 Å². The van der Waals surface area contributed by atoms with Crippen LogP contribution in [-0.2, 0) is 6.42 Å². The fraction of sp³-hybridized carbons (Fsp3) is 0.125. The molecule has 1 amide bonds. The van der Waals surface area contributed by atoms with Crippen molar-refractivity contribution in [1.82, 2.24) is 15.3 Å². The van der Waals surface area contributed by atoms with Gasteiger partial charge < -0.3 is 10.3 Å². The van der Waals surface area contributed by atoms with Crippen LogP contribution in [0.1, 0.15) is 15.4 Å². The Labute approximate surface area is 126 Å². The molecule has 0 spiro atoms. The van der Waals surface area contributed by atoms with E-state index < -0.39 is 0 Å². The Bertz CT molecular complexity index is 704. The average Bonchev–Trinajstić information content (AvgIpc) is 3.20. The molecule has 3 aromatic rings. The molecule has 21 heavy (non-hydrogen) atoms. The van der Waals surface area contributed by atoms with Crippen LogP contribution in [0.3, 0.4) is 0 Å². The highest BCUT2D eigenvalue weighted by atomic mass is 32.1. The molecule has 1 aromatic carbocycles. The number of nitrogens with one attached hydrogen (secondary N) is 2. The van der Waals surface area contributed by atoms with Crippen LogP contribution >= 0.6 is 11.3 Å². The van der Waals surface area contributed by atoms with E-state index in [0.29, 0.717) is 6.54 Å². The van der Waals surface area contributed by atoms with Gasteiger partial charge in [-0.2, -0.15) is 0 Å². The number of hydrogen-bond acceptors (Lipinski definition) is 3. The summed E-state index contributed by atoms with van der Waals surface area (Å²) in [6.07, 6.45) is 2.55. The molecular weight excluding hydrogens is 282 g/mol. The van der Waals surface area contributed by atoms with E-state index in [1.54, 1.807) is 0 Å². The first kappa shape index (κ1) is 13.6. The summed E-state index contributed by atoms with van der Waals surface area (Å²) in [5.74, 6) is 0.836. The van der Waals surface area contributed by atoms with E-state index in [4.69, 9.17) is 0 Å². The van der Waals surface area contributed by atoms with Gasteiger partial charge in [-0.1, -0.05) is 36.4 Å². The van der Waals surface area contributed by atoms with Gasteiger partial charge in [-0.25, -0.2) is 4.98 Å². The third-order valence-corrected chi connectivity index (χ3v) is 3.97. The molecule has 0 unspecified atom stereocenters. The molecule has 0 radical (unpaired) electrons. The number of nitrogens with zero attached hydrogens (tertiary/aromatic N) is 1. The monoisotopic (exact) mass is 297 g/mol. The summed E-state index contributed by atoms with van der Waals surface area (Å²) in [4.78, 5) is 20.2. The van der Waals surface area contributed by atoms with E-state index in [2.05, 4.69) is 15.3 Å². The van der Waals surface area contributed by atoms with E-state index in [-0.39, 0.29) is 5.91 Å². The molecule has 0 aliphatic carbocycles. The number of H-pyrrole nitrogens is 1. The van der Waals surface area contributed by atoms with Crippen molar-refractivity contribution < 1.29 is 4.79 Å². The number of amides is 1. The smallest absolute Gasteiger partial charge is 0.261 e. The van der Waals surface area contributed by atoms with Crippen molar-refractivity contribution in [2.75, 3.05) is 6.54 Å². The number of carbonyl (C=O) groups is 1. The first-order valence-corrected chi connectivity index (χ1v) is 7.62. The molecule has 0 aliphatic heterocycles. The van der Waals surface area contributed by atoms with Crippen LogP contribution in [0.5, 0.6) is 0 Å². The van der Waals surface area contributed by atoms with Crippen molar-refractivity contribution in [2.45, 2.75) is 6.42 Å². The second kappa shape index (κ2) is 6.37. The molecule has 2 aromatic heterocycles. The zero-order chi connectivity index (χ0) is 14.5. The molecule has 3 rings (SSSR count). The van der Waals surface area contributed by atoms with Crippen molar-refractivity contribution in [2.24, 2.45) is 0 Å². The number of aromatic amines is 1. The van der Waals surface area contributed by atoms with Gasteiger partial charge in [-0.15, -0.1) is 11.3 Å². The molecule has 0 fully saturated rings. The van der Waals surface area contributed by atoms with Crippen molar-refractivity contribution in [1.29, 1.82) is 0 Å². The number of hydrogen-bond donors (Lipinski definition) is 2. The summed E-state index contributed by atoms with van der Waals surface area (Å²) in [5.41, 5.74) is 2.08. The summed E-state index contributed by atoms with van der Waals surface area (Å²) in [6.45, 7) is 0.590. The average molecular weight is 297 g/mol. The number of benzene rings is 1. The lowest BCUT2D eigenvalue weighted by Crippen LogP contribution is -2.24. The lowest BCUT2D eigenvalue weighted by atomic mass is 10.2. The number of thiophene rings is 1. The van der Waals surface area contributed by atoms with Gasteiger partial charge in [0.2, 0.25) is 0 Å². The molecule has 4 nitrogen and oxygen atoms in total. The van der Waals surface area contributed by atoms with Gasteiger partial charge in [-0.05, 0) is 11.4 Å². The summed E-state index contributed by atoms with van der Waals surface area (Å²) >= 11 is 1.45. The quantitative estimate of drug-likeness (QED) is 0.760. The Kier molecular flexibility index (Phi) is 4.12. The van der Waals surface area contributed by atoms with Gasteiger partial charge in [0, 0.05) is 30.4 Å². The zero-order valence-corrected chi connectivity index (χ0v) is 12.2. The first-order chi connectivity index (χ1) is 10.3. The second-order valence-electron chi connectivity index (χ2n) is 4.61. The number of rotatable bonds is 5. The Morgan fingerprint density at radius 2 is 2.05 bits per heavy atom. The van der Waals surface area contributed by atoms with Gasteiger partial charge in [0.1, 0.15) is 5.82 Å². The van der Waals surface area contributed by atoms with Crippen LogP contribution in [0, 0.1) is 0 Å². The molecule has 0 bridgehead atoms. The van der Waals surface area contributed by atoms with E-state index in [0.717, 1.165) is 28.4 Å². The maximum absolute atomic E-state index is 11.8. The molecule has 2 N–H and O–H groups in total. The van der Waals surface area contributed by atoms with Crippen molar-refractivity contribution in [3.8, 4) is 11.4 Å². The SMILES string of the molecule is O=C(NCCc1cnc(-c2ccccc2)[nH]1)c1cccs1. The van der Waals surface area contributed by atoms with Crippen molar-refractivity contribution in [3.63, 3.8) is 0 Å². The number of imidazole rings is 1. The Morgan fingerprint density at radius 1 is 1.19 bits per heavy atom. The largest absolute Gasteiger partial charge is 0.351 e. The van der Waals surface area contributed by atoms with Crippen molar-refractivity contribution in [3.05, 3.63) is 64.6 Å². The summed E-state index contributed by atoms with van der Waals surface area (Å²) in [7, 11) is 0. The summed E-state index contributed by atoms with van der Waals surface area (Å²) < 4.78 is 0. The third kappa shape index (κ3) is 3.38. The van der Waals surface area contributed by atoms with Crippen LogP contribution < -0.4 is 5.32 Å². The van der Waals surface area contributed by atoms with Crippen molar-refractivity contribution >= 4 is 17.2 Å². The zero-order valence-electron chi connectivity index (χ0n) is 11.4. The predicted octanol–water partition coefficient (Wildman–Crippen LogP) is 3.11. The van der Waals surface area contributed by atoms with E-state index in [9.17, 15) is 4.79 Å². The van der Waals surface area contributed by atoms with Gasteiger partial charge in [0.05, 0.1) is 4.88 Å². The normalized spacial score (nSPS) is 10.5. The van der Waals surface area contributed by atoms with E-state index in [1.165, 1.54) is 11.3 Å². The van der Waals surface area contributed by atoms with Crippen LogP contribution in [0.2, 0.25) is 0 Å². The fourth-order valence-electron chi connectivity index (χ4n) is 2.03. The predicted molar refractivity (Wildman–Crippen MR) is 84.4 cm³/mol. The molecule has 0 atom stereocenters. The van der Waals surface area contributed by atoms with Crippen LogP contribution in [0.25, 0.3) is 11.4 Å². The van der Waals surface area contributed by atoms with Crippen LogP contribution in [0.4, 0.5) is 0 Å². The molecule has 106 valence electrons. The minimum absolute atomic E-state index is 0.0206. The fourth-order valence-corrected chi connectivity index (χ4v) is 2.67. The highest BCUT2D eigenvalue weighted by Gasteiger charge is 2.06. The highest BCUT2D eigenvalue weighted by molar-refractivity contribution is 7.12. The van der Waals surface area contributed by atoms with E-state index in [1.807, 2.05) is 54.0 Å². The minimum atomic E-state index is -0.0206. The molecule has 5 heteroatoms. The van der Waals surface area contributed by atoms with Gasteiger partial charge in [0.15, 0.2) is 0 Å². The maximum atomic E-state index is 11.8. The molecule has 0 aliphatic rings. The summed E-state index contributed by atoms with van der Waals surface area (Å²) in [5, 5.41) is 4.81. The van der Waals surface area contributed by atoms with Crippen LogP contribution in [0.15, 0.2) is 54.0 Å². The lowest BCUT2D eigenvalue weighted by molar-refractivity contribution is 0.0958. The molecular formula is C16H15N3OS. The van der Waals surface area contributed by atoms with E-state index >= 15 is 0 Å². The van der Waals surface area contributed by atoms with Gasteiger partial charge >= 0.3 is 0 Å². The molecule has 0 saturated carbocycles. The molecule has 2 heterocycles. The van der Waals surface area contributed by atoms with Gasteiger partial charge in [0.25, 0.3) is 5.91 Å². The second-order valence-corrected chi connectivity index (χ2v) is 5.55.